The fraction of sp³-hybridized carbons (Fsp3) is 0.182. The zero-order valence-electron chi connectivity index (χ0n) is 9.43. The molecule has 2 rings (SSSR count). The van der Waals surface area contributed by atoms with Crippen molar-refractivity contribution >= 4 is 5.82 Å². The van der Waals surface area contributed by atoms with Crippen LogP contribution in [0.4, 0.5) is 5.82 Å². The number of hydrogen-bond donors (Lipinski definition) is 2. The van der Waals surface area contributed by atoms with Gasteiger partial charge in [0.1, 0.15) is 0 Å². The summed E-state index contributed by atoms with van der Waals surface area (Å²) in [5.41, 5.74) is 5.89. The molecule has 0 aliphatic rings. The molecule has 6 heteroatoms. The Hall–Kier alpha value is -2.37. The third-order valence-corrected chi connectivity index (χ3v) is 2.31. The fourth-order valence-corrected chi connectivity index (χ4v) is 1.53. The molecule has 90 valence electrons. The molecule has 0 radical (unpaired) electrons. The fourth-order valence-electron chi connectivity index (χ4n) is 1.53. The van der Waals surface area contributed by atoms with Gasteiger partial charge >= 0.3 is 0 Å². The molecular formula is C11H12N2O4. The zero-order chi connectivity index (χ0) is 12.4. The molecule has 3 N–H and O–H groups in total. The van der Waals surface area contributed by atoms with Crippen molar-refractivity contribution in [2.75, 3.05) is 20.0 Å². The maximum absolute atomic E-state index is 10.0. The van der Waals surface area contributed by atoms with Crippen LogP contribution in [0.3, 0.4) is 0 Å². The molecule has 0 saturated carbocycles. The number of benzene rings is 1. The van der Waals surface area contributed by atoms with Gasteiger partial charge in [0, 0.05) is 6.07 Å². The van der Waals surface area contributed by atoms with E-state index in [4.69, 9.17) is 19.7 Å². The van der Waals surface area contributed by atoms with Crippen LogP contribution in [-0.4, -0.2) is 24.5 Å². The number of nitrogens with zero attached hydrogens (tertiary/aromatic N) is 1. The van der Waals surface area contributed by atoms with Crippen LogP contribution in [-0.2, 0) is 0 Å². The standard InChI is InChI=1S/C11H12N2O4/c1-15-7-4-3-6(10(14)11(7)16-2)8-5-9(12)13-17-8/h3-5,14H,1-2H3,(H2,12,13). The number of aromatic nitrogens is 1. The van der Waals surface area contributed by atoms with Crippen LogP contribution in [0.15, 0.2) is 22.7 Å². The third-order valence-electron chi connectivity index (χ3n) is 2.31. The summed E-state index contributed by atoms with van der Waals surface area (Å²) in [6.45, 7) is 0. The largest absolute Gasteiger partial charge is 0.504 e. The molecule has 1 aromatic carbocycles. The molecule has 17 heavy (non-hydrogen) atoms. The number of phenolic OH excluding ortho intramolecular Hbond substituents is 1. The van der Waals surface area contributed by atoms with Crippen molar-refractivity contribution < 1.29 is 19.1 Å². The quantitative estimate of drug-likeness (QED) is 0.841. The second-order valence-corrected chi connectivity index (χ2v) is 3.31. The Kier molecular flexibility index (Phi) is 2.78. The number of phenols is 1. The molecule has 0 atom stereocenters. The number of ether oxygens (including phenoxy) is 2. The highest BCUT2D eigenvalue weighted by Crippen LogP contribution is 2.43. The van der Waals surface area contributed by atoms with Gasteiger partial charge in [0.05, 0.1) is 19.8 Å². The van der Waals surface area contributed by atoms with E-state index in [2.05, 4.69) is 5.16 Å². The maximum Gasteiger partial charge on any atom is 0.203 e. The van der Waals surface area contributed by atoms with Crippen molar-refractivity contribution in [1.29, 1.82) is 0 Å². The van der Waals surface area contributed by atoms with Crippen molar-refractivity contribution in [2.45, 2.75) is 0 Å². The van der Waals surface area contributed by atoms with Gasteiger partial charge in [-0.3, -0.25) is 0 Å². The summed E-state index contributed by atoms with van der Waals surface area (Å²) in [4.78, 5) is 0. The van der Waals surface area contributed by atoms with Gasteiger partial charge in [-0.15, -0.1) is 0 Å². The monoisotopic (exact) mass is 236 g/mol. The maximum atomic E-state index is 10.0. The van der Waals surface area contributed by atoms with E-state index in [-0.39, 0.29) is 17.3 Å². The summed E-state index contributed by atoms with van der Waals surface area (Å²) in [6, 6.07) is 4.81. The highest BCUT2D eigenvalue weighted by molar-refractivity contribution is 5.73. The van der Waals surface area contributed by atoms with Crippen LogP contribution in [0, 0.1) is 0 Å². The van der Waals surface area contributed by atoms with Crippen molar-refractivity contribution in [3.63, 3.8) is 0 Å². The molecular weight excluding hydrogens is 224 g/mol. The molecule has 0 saturated heterocycles. The summed E-state index contributed by atoms with van der Waals surface area (Å²) < 4.78 is 15.1. The number of anilines is 1. The first-order chi connectivity index (χ1) is 8.17. The Morgan fingerprint density at radius 2 is 2.06 bits per heavy atom. The van der Waals surface area contributed by atoms with Crippen LogP contribution < -0.4 is 15.2 Å². The Labute approximate surface area is 97.5 Å². The predicted octanol–water partition coefficient (Wildman–Crippen LogP) is 1.65. The van der Waals surface area contributed by atoms with Crippen molar-refractivity contribution in [3.8, 4) is 28.6 Å². The first kappa shape index (κ1) is 11.1. The van der Waals surface area contributed by atoms with Gasteiger partial charge in [0.15, 0.2) is 23.1 Å². The Morgan fingerprint density at radius 1 is 1.29 bits per heavy atom. The minimum absolute atomic E-state index is 0.0806. The first-order valence-electron chi connectivity index (χ1n) is 4.84. The van der Waals surface area contributed by atoms with E-state index in [9.17, 15) is 5.11 Å². The highest BCUT2D eigenvalue weighted by Gasteiger charge is 2.17. The Balaban J connectivity index is 2.56. The Morgan fingerprint density at radius 3 is 2.59 bits per heavy atom. The summed E-state index contributed by atoms with van der Waals surface area (Å²) >= 11 is 0. The van der Waals surface area contributed by atoms with Crippen LogP contribution in [0.2, 0.25) is 0 Å². The van der Waals surface area contributed by atoms with E-state index in [0.717, 1.165) is 0 Å². The summed E-state index contributed by atoms with van der Waals surface area (Å²) in [5, 5.41) is 13.6. The molecule has 1 heterocycles. The second-order valence-electron chi connectivity index (χ2n) is 3.31. The van der Waals surface area contributed by atoms with Crippen LogP contribution in [0.1, 0.15) is 0 Å². The van der Waals surface area contributed by atoms with E-state index in [1.165, 1.54) is 20.3 Å². The first-order valence-corrected chi connectivity index (χ1v) is 4.84. The van der Waals surface area contributed by atoms with Gasteiger partial charge in [-0.25, -0.2) is 0 Å². The SMILES string of the molecule is COc1ccc(-c2cc(N)no2)c(O)c1OC. The van der Waals surface area contributed by atoms with E-state index in [1.807, 2.05) is 0 Å². The Bertz CT molecular complexity index is 536. The molecule has 0 amide bonds. The molecule has 0 bridgehead atoms. The summed E-state index contributed by atoms with van der Waals surface area (Å²) in [7, 11) is 2.93. The van der Waals surface area contributed by atoms with E-state index in [1.54, 1.807) is 12.1 Å². The number of nitrogens with two attached hydrogens (primary N) is 1. The topological polar surface area (TPSA) is 90.7 Å². The number of hydrogen-bond acceptors (Lipinski definition) is 6. The molecule has 2 aromatic rings. The zero-order valence-corrected chi connectivity index (χ0v) is 9.43. The number of methoxy groups -OCH3 is 2. The van der Waals surface area contributed by atoms with Gasteiger partial charge in [-0.05, 0) is 12.1 Å². The predicted molar refractivity (Wildman–Crippen MR) is 61.1 cm³/mol. The summed E-state index contributed by atoms with van der Waals surface area (Å²) in [5.74, 6) is 1.19. The van der Waals surface area contributed by atoms with E-state index < -0.39 is 0 Å². The van der Waals surface area contributed by atoms with Crippen LogP contribution in [0.25, 0.3) is 11.3 Å². The number of rotatable bonds is 3. The lowest BCUT2D eigenvalue weighted by molar-refractivity contribution is 0.333. The average Bonchev–Trinajstić information content (AvgIpc) is 2.75. The smallest absolute Gasteiger partial charge is 0.203 e. The molecule has 0 fully saturated rings. The normalized spacial score (nSPS) is 10.2. The van der Waals surface area contributed by atoms with Crippen LogP contribution >= 0.6 is 0 Å². The minimum Gasteiger partial charge on any atom is -0.504 e. The van der Waals surface area contributed by atoms with Gasteiger partial charge in [-0.2, -0.15) is 0 Å². The van der Waals surface area contributed by atoms with E-state index in [0.29, 0.717) is 17.1 Å². The lowest BCUT2D eigenvalue weighted by Crippen LogP contribution is -1.91. The minimum atomic E-state index is -0.0806. The average molecular weight is 236 g/mol. The van der Waals surface area contributed by atoms with E-state index >= 15 is 0 Å². The highest BCUT2D eigenvalue weighted by atomic mass is 16.5. The lowest BCUT2D eigenvalue weighted by atomic mass is 10.1. The molecule has 0 spiro atoms. The molecule has 0 aliphatic heterocycles. The molecule has 6 nitrogen and oxygen atoms in total. The van der Waals surface area contributed by atoms with Gasteiger partial charge in [-0.1, -0.05) is 5.16 Å². The van der Waals surface area contributed by atoms with Gasteiger partial charge in [0.25, 0.3) is 0 Å². The van der Waals surface area contributed by atoms with Gasteiger partial charge in [0.2, 0.25) is 5.75 Å². The lowest BCUT2D eigenvalue weighted by Gasteiger charge is -2.10. The van der Waals surface area contributed by atoms with Crippen LogP contribution in [0.5, 0.6) is 17.2 Å². The molecule has 0 unspecified atom stereocenters. The summed E-state index contributed by atoms with van der Waals surface area (Å²) in [6.07, 6.45) is 0. The van der Waals surface area contributed by atoms with Crippen molar-refractivity contribution in [2.24, 2.45) is 0 Å². The number of aromatic hydroxyl groups is 1. The van der Waals surface area contributed by atoms with Gasteiger partial charge < -0.3 is 24.8 Å². The molecule has 1 aromatic heterocycles. The van der Waals surface area contributed by atoms with Crippen molar-refractivity contribution in [1.82, 2.24) is 5.16 Å². The molecule has 0 aliphatic carbocycles. The van der Waals surface area contributed by atoms with Crippen molar-refractivity contribution in [3.05, 3.63) is 18.2 Å². The third kappa shape index (κ3) is 1.84. The second kappa shape index (κ2) is 4.25. The number of nitrogen functional groups attached to an aromatic ring is 1.